The zero-order chi connectivity index (χ0) is 71.3. The van der Waals surface area contributed by atoms with Crippen LogP contribution in [-0.4, -0.2) is 252 Å². The molecule has 0 radical (unpaired) electrons. The van der Waals surface area contributed by atoms with Gasteiger partial charge in [-0.15, -0.1) is 0 Å². The number of benzene rings is 1. The third-order valence-corrected chi connectivity index (χ3v) is 19.5. The Labute approximate surface area is 569 Å². The highest BCUT2D eigenvalue weighted by molar-refractivity contribution is 7.98. The number of ketones is 2. The van der Waals surface area contributed by atoms with Crippen LogP contribution in [-0.2, 0) is 99.5 Å². The van der Waals surface area contributed by atoms with Gasteiger partial charge in [-0.05, 0) is 48.6 Å². The fourth-order valence-electron chi connectivity index (χ4n) is 11.2. The summed E-state index contributed by atoms with van der Waals surface area (Å²) >= 11 is 1.50. The van der Waals surface area contributed by atoms with E-state index in [1.54, 1.807) is 26.0 Å². The minimum Gasteiger partial charge on any atom is -0.496 e. The molecule has 2 bridgehead atoms. The van der Waals surface area contributed by atoms with E-state index in [9.17, 15) is 68.1 Å². The second-order valence-electron chi connectivity index (χ2n) is 24.3. The highest BCUT2D eigenvalue weighted by atomic mass is 32.2. The van der Waals surface area contributed by atoms with Gasteiger partial charge in [0, 0.05) is 86.2 Å². The number of carbonyl (C=O) groups excluding carboxylic acids is 11. The number of methoxy groups -OCH3 is 1. The maximum atomic E-state index is 15.4. The Kier molecular flexibility index (Phi) is 34.3. The molecular weight excluding hydrogens is 1310 g/mol. The predicted octanol–water partition coefficient (Wildman–Crippen LogP) is -2.62. The molecule has 2 unspecified atom stereocenters. The van der Waals surface area contributed by atoms with Gasteiger partial charge < -0.3 is 96.9 Å². The third-order valence-electron chi connectivity index (χ3n) is 17.0. The number of fused-ring (bicyclic) bond motifs is 5. The number of primary amides is 1. The molecule has 1 aromatic heterocycles. The van der Waals surface area contributed by atoms with Crippen molar-refractivity contribution < 1.29 is 106 Å². The number of carboxylic acids is 1. The minimum atomic E-state index is -2.42. The van der Waals surface area contributed by atoms with Gasteiger partial charge in [0.25, 0.3) is 0 Å². The summed E-state index contributed by atoms with van der Waals surface area (Å²) in [5.74, 6) is -14.5. The lowest BCUT2D eigenvalue weighted by Gasteiger charge is -2.32. The van der Waals surface area contributed by atoms with Crippen molar-refractivity contribution in [2.24, 2.45) is 35.3 Å². The van der Waals surface area contributed by atoms with Crippen LogP contribution in [0.25, 0.3) is 10.9 Å². The molecule has 0 aliphatic carbocycles. The number of rotatable bonds is 33. The van der Waals surface area contributed by atoms with E-state index in [4.69, 9.17) is 34.5 Å². The average molecular weight is 1410 g/mol. The lowest BCUT2D eigenvalue weighted by atomic mass is 9.85. The molecule has 1 saturated heterocycles. The second-order valence-corrected chi connectivity index (χ2v) is 26.8. The van der Waals surface area contributed by atoms with Crippen LogP contribution in [0, 0.1) is 29.6 Å². The van der Waals surface area contributed by atoms with Crippen molar-refractivity contribution in [2.75, 3.05) is 111 Å². The zero-order valence-electron chi connectivity index (χ0n) is 55.6. The second kappa shape index (κ2) is 41.3. The molecule has 9 amide bonds. The normalized spacial score (nSPS) is 23.2. The third kappa shape index (κ3) is 25.6. The summed E-state index contributed by atoms with van der Waals surface area (Å²) < 4.78 is 43.1. The number of H-pyrrole nitrogens is 1. The van der Waals surface area contributed by atoms with Gasteiger partial charge in [0.15, 0.2) is 11.6 Å². The Bertz CT molecular complexity index is 3080. The van der Waals surface area contributed by atoms with E-state index < -0.39 is 200 Å². The van der Waals surface area contributed by atoms with Crippen molar-refractivity contribution in [3.05, 3.63) is 23.3 Å². The van der Waals surface area contributed by atoms with Gasteiger partial charge >= 0.3 is 5.97 Å². The average Bonchev–Trinajstić information content (AvgIpc) is 1.63. The summed E-state index contributed by atoms with van der Waals surface area (Å²) in [6.07, 6.45) is -4.14. The molecule has 14 N–H and O–H groups in total. The first-order chi connectivity index (χ1) is 46.3. The first-order valence-corrected chi connectivity index (χ1v) is 35.0. The van der Waals surface area contributed by atoms with Gasteiger partial charge in [-0.1, -0.05) is 34.1 Å². The molecule has 32 nitrogen and oxygen atoms in total. The van der Waals surface area contributed by atoms with E-state index in [0.717, 1.165) is 4.90 Å². The van der Waals surface area contributed by atoms with Crippen molar-refractivity contribution in [3.8, 4) is 5.75 Å². The van der Waals surface area contributed by atoms with Crippen LogP contribution in [0.3, 0.4) is 0 Å². The van der Waals surface area contributed by atoms with Crippen LogP contribution in [0.15, 0.2) is 17.2 Å². The smallest absolute Gasteiger partial charge is 0.306 e. The van der Waals surface area contributed by atoms with Crippen LogP contribution < -0.4 is 47.7 Å². The zero-order valence-corrected chi connectivity index (χ0v) is 57.2. The highest BCUT2D eigenvalue weighted by Gasteiger charge is 2.45. The SMILES string of the molecule is CC[C@H](C)[C@@H]1CC(=O)CNC(=O)[C@H]2CC(=O)[C@H]([C@@H](C)[C@@H](O)CO)NC(=O)[C@@H]3C[C@@H](O)CN3C(=O)[C@H](CC(N)=O)NC(=O)[C@H](CS(=O)c3[nH]c4c(CSCCCCNC(=O)CCOCCOCCOCCOCCNC(=O)CC(C)C(=O)O)c(OC)ccc4c3C2)NC(=O)CNC1=O. The standard InChI is InChI=1S/C63H96N10O22S2/c1-6-35(2)42-26-39(75)29-67-57(83)38-24-43-41-9-10-50(91-5)44(33-96-22-8-7-12-65-52(80)11-14-92-16-18-94-20-21-95-19-17-93-15-13-66-53(81)23-36(3)63(88)89)56(41)72-61(43)97(90)34-46(69-54(82)30-68-58(42)84)59(85)70-45(28-51(64)79)62(87)73-31-40(76)27-47(73)60(86)71-55(48(77)25-38)37(4)49(78)32-74/h9-10,35-38,40,42,45-47,49,55,72,74,76,78H,6-8,11-34H2,1-5H3,(H2,64,79)(H,65,80)(H,66,81)(H,67,83)(H,68,84)(H,69,82)(H,70,85)(H,71,86)(H,88,89)/t35-,36?,37-,38+,40+,42-,45-,46-,47-,49-,55-,97?/m0/s1. The van der Waals surface area contributed by atoms with E-state index in [1.807, 2.05) is 0 Å². The first-order valence-electron chi connectivity index (χ1n) is 32.6. The molecule has 34 heteroatoms. The van der Waals surface area contributed by atoms with E-state index in [1.165, 1.54) is 32.7 Å². The van der Waals surface area contributed by atoms with Gasteiger partial charge in [0.1, 0.15) is 28.9 Å². The summed E-state index contributed by atoms with van der Waals surface area (Å²) in [6.45, 7) is 6.34. The van der Waals surface area contributed by atoms with E-state index in [0.29, 0.717) is 80.2 Å². The number of nitrogens with one attached hydrogen (secondary N) is 8. The van der Waals surface area contributed by atoms with Gasteiger partial charge in [-0.2, -0.15) is 11.8 Å². The van der Waals surface area contributed by atoms with Crippen molar-refractivity contribution in [2.45, 2.75) is 139 Å². The first kappa shape index (κ1) is 80.5. The Balaban J connectivity index is 1.35. The van der Waals surface area contributed by atoms with Crippen molar-refractivity contribution in [3.63, 3.8) is 0 Å². The predicted molar refractivity (Wildman–Crippen MR) is 350 cm³/mol. The number of amides is 9. The number of nitrogens with two attached hydrogens (primary N) is 1. The molecule has 3 aliphatic heterocycles. The molecule has 542 valence electrons. The molecule has 2 aromatic rings. The van der Waals surface area contributed by atoms with Crippen molar-refractivity contribution in [1.29, 1.82) is 0 Å². The summed E-state index contributed by atoms with van der Waals surface area (Å²) in [7, 11) is -0.975. The number of thioether (sulfide) groups is 1. The van der Waals surface area contributed by atoms with Crippen LogP contribution in [0.2, 0.25) is 0 Å². The monoisotopic (exact) mass is 1410 g/mol. The number of carboxylic acid groups (broad SMARTS) is 1. The van der Waals surface area contributed by atoms with Gasteiger partial charge in [0.2, 0.25) is 53.2 Å². The summed E-state index contributed by atoms with van der Waals surface area (Å²) in [5.41, 5.74) is 6.72. The number of aliphatic hydroxyl groups is 3. The number of nitrogens with zero attached hydrogens (tertiary/aromatic N) is 1. The molecule has 5 rings (SSSR count). The fourth-order valence-corrected chi connectivity index (χ4v) is 13.6. The molecule has 0 spiro atoms. The molecular formula is C63H96N10O22S2. The van der Waals surface area contributed by atoms with Crippen LogP contribution in [0.1, 0.15) is 96.6 Å². The Hall–Kier alpha value is -7.18. The van der Waals surface area contributed by atoms with E-state index in [-0.39, 0.29) is 74.0 Å². The molecule has 12 atom stereocenters. The number of carbonyl (C=O) groups is 12. The summed E-state index contributed by atoms with van der Waals surface area (Å²) in [4.78, 5) is 167. The van der Waals surface area contributed by atoms with Gasteiger partial charge in [0.05, 0.1) is 132 Å². The number of aromatic amines is 1. The number of ether oxygens (including phenoxy) is 5. The fraction of sp³-hybridized carbons (Fsp3) is 0.683. The van der Waals surface area contributed by atoms with Gasteiger partial charge in [-0.25, -0.2) is 0 Å². The molecule has 4 heterocycles. The minimum absolute atomic E-state index is 0.0931. The van der Waals surface area contributed by atoms with E-state index in [2.05, 4.69) is 42.2 Å². The Morgan fingerprint density at radius 2 is 1.46 bits per heavy atom. The molecule has 1 aromatic carbocycles. The number of hydrogen-bond acceptors (Lipinski definition) is 22. The van der Waals surface area contributed by atoms with Crippen LogP contribution >= 0.6 is 11.8 Å². The quantitative estimate of drug-likeness (QED) is 0.0325. The maximum absolute atomic E-state index is 15.4. The van der Waals surface area contributed by atoms with Crippen molar-refractivity contribution >= 4 is 104 Å². The number of hydrogen-bond donors (Lipinski definition) is 13. The van der Waals surface area contributed by atoms with Crippen LogP contribution in [0.5, 0.6) is 5.75 Å². The number of aliphatic hydroxyl groups excluding tert-OH is 3. The lowest BCUT2D eigenvalue weighted by molar-refractivity contribution is -0.144. The summed E-state index contributed by atoms with van der Waals surface area (Å²) in [5, 5.41) is 59.3. The van der Waals surface area contributed by atoms with Crippen LogP contribution in [0.4, 0.5) is 0 Å². The van der Waals surface area contributed by atoms with E-state index >= 15 is 9.00 Å². The Morgan fingerprint density at radius 1 is 0.804 bits per heavy atom. The molecule has 3 aliphatic rings. The number of aliphatic carboxylic acids is 1. The molecule has 1 fully saturated rings. The Morgan fingerprint density at radius 3 is 2.11 bits per heavy atom. The summed E-state index contributed by atoms with van der Waals surface area (Å²) in [6, 6.07) is -3.69. The number of aromatic nitrogens is 1. The number of unbranched alkanes of at least 4 members (excludes halogenated alkanes) is 1. The largest absolute Gasteiger partial charge is 0.496 e. The molecule has 97 heavy (non-hydrogen) atoms. The van der Waals surface area contributed by atoms with Gasteiger partial charge in [-0.3, -0.25) is 61.7 Å². The van der Waals surface area contributed by atoms with Crippen molar-refractivity contribution in [1.82, 2.24) is 47.1 Å². The highest BCUT2D eigenvalue weighted by Crippen LogP contribution is 2.37. The topological polar surface area (TPSA) is 478 Å². The lowest BCUT2D eigenvalue weighted by Crippen LogP contribution is -2.60. The number of Topliss-reactive ketones (excluding diaryl/α,β-unsaturated/α-hetero) is 2. The maximum Gasteiger partial charge on any atom is 0.306 e. The molecule has 0 saturated carbocycles.